The van der Waals surface area contributed by atoms with E-state index in [1.54, 1.807) is 0 Å². The maximum absolute atomic E-state index is 12.9. The van der Waals surface area contributed by atoms with Gasteiger partial charge in [0.15, 0.2) is 0 Å². The average Bonchev–Trinajstić information content (AvgIpc) is 2.15. The lowest BCUT2D eigenvalue weighted by Crippen LogP contribution is -2.10. The van der Waals surface area contributed by atoms with E-state index in [-0.39, 0.29) is 11.1 Å². The molecule has 1 rings (SSSR count). The number of hydrogen-bond donors (Lipinski definition) is 2. The van der Waals surface area contributed by atoms with E-state index in [1.807, 2.05) is 0 Å². The van der Waals surface area contributed by atoms with Crippen LogP contribution in [0.15, 0.2) is 12.1 Å². The highest BCUT2D eigenvalue weighted by molar-refractivity contribution is 5.34. The average molecular weight is 224 g/mol. The van der Waals surface area contributed by atoms with Crippen LogP contribution >= 0.6 is 0 Å². The zero-order valence-electron chi connectivity index (χ0n) is 7.48. The number of aliphatic hydroxyl groups excluding tert-OH is 2. The van der Waals surface area contributed by atoms with E-state index in [9.17, 15) is 17.6 Å². The van der Waals surface area contributed by atoms with Crippen molar-refractivity contribution in [3.05, 3.63) is 34.6 Å². The summed E-state index contributed by atoms with van der Waals surface area (Å²) in [5, 5.41) is 17.4. The summed E-state index contributed by atoms with van der Waals surface area (Å²) in [6.45, 7) is -1.30. The van der Waals surface area contributed by atoms with E-state index in [4.69, 9.17) is 10.2 Å². The number of halogens is 4. The molecule has 84 valence electrons. The largest absolute Gasteiger partial charge is 0.419 e. The van der Waals surface area contributed by atoms with Crippen molar-refractivity contribution < 1.29 is 27.8 Å². The number of alkyl halides is 3. The Morgan fingerprint density at radius 1 is 1.00 bits per heavy atom. The molecule has 1 aromatic rings. The van der Waals surface area contributed by atoms with Gasteiger partial charge in [0.2, 0.25) is 0 Å². The Morgan fingerprint density at radius 3 is 1.87 bits per heavy atom. The molecule has 0 spiro atoms. The molecule has 0 bridgehead atoms. The summed E-state index contributed by atoms with van der Waals surface area (Å²) in [7, 11) is 0. The van der Waals surface area contributed by atoms with Gasteiger partial charge in [0, 0.05) is 0 Å². The summed E-state index contributed by atoms with van der Waals surface area (Å²) < 4.78 is 49.6. The molecule has 0 saturated heterocycles. The zero-order chi connectivity index (χ0) is 11.6. The predicted octanol–water partition coefficient (Wildman–Crippen LogP) is 1.83. The van der Waals surface area contributed by atoms with Crippen LogP contribution in [-0.4, -0.2) is 10.2 Å². The van der Waals surface area contributed by atoms with Crippen molar-refractivity contribution in [3.63, 3.8) is 0 Å². The molecule has 0 aliphatic carbocycles. The van der Waals surface area contributed by atoms with Crippen LogP contribution in [0.5, 0.6) is 0 Å². The Hall–Kier alpha value is -1.14. The second kappa shape index (κ2) is 4.16. The maximum Gasteiger partial charge on any atom is 0.419 e. The number of aliphatic hydroxyl groups is 2. The SMILES string of the molecule is OCc1cc(F)c(C(F)(F)F)cc1CO. The van der Waals surface area contributed by atoms with Gasteiger partial charge >= 0.3 is 6.18 Å². The topological polar surface area (TPSA) is 40.5 Å². The quantitative estimate of drug-likeness (QED) is 0.752. The minimum absolute atomic E-state index is 0.0528. The third-order valence-corrected chi connectivity index (χ3v) is 1.94. The molecule has 0 heterocycles. The van der Waals surface area contributed by atoms with Crippen LogP contribution in [0.4, 0.5) is 17.6 Å². The van der Waals surface area contributed by atoms with Gasteiger partial charge in [-0.2, -0.15) is 13.2 Å². The van der Waals surface area contributed by atoms with E-state index < -0.39 is 30.8 Å². The molecule has 0 fully saturated rings. The minimum Gasteiger partial charge on any atom is -0.392 e. The summed E-state index contributed by atoms with van der Waals surface area (Å²) in [5.74, 6) is -1.45. The van der Waals surface area contributed by atoms with E-state index in [2.05, 4.69) is 0 Å². The number of rotatable bonds is 2. The van der Waals surface area contributed by atoms with Crippen molar-refractivity contribution in [2.45, 2.75) is 19.4 Å². The van der Waals surface area contributed by atoms with Gasteiger partial charge in [-0.25, -0.2) is 4.39 Å². The summed E-state index contributed by atoms with van der Waals surface area (Å²) in [6, 6.07) is 1.08. The van der Waals surface area contributed by atoms with Crippen molar-refractivity contribution in [2.24, 2.45) is 0 Å². The molecule has 0 aromatic heterocycles. The Kier molecular flexibility index (Phi) is 3.31. The summed E-state index contributed by atoms with van der Waals surface area (Å²) >= 11 is 0. The lowest BCUT2D eigenvalue weighted by atomic mass is 10.0. The van der Waals surface area contributed by atoms with Crippen LogP contribution in [0, 0.1) is 5.82 Å². The van der Waals surface area contributed by atoms with Crippen molar-refractivity contribution >= 4 is 0 Å². The predicted molar refractivity (Wildman–Crippen MR) is 43.2 cm³/mol. The van der Waals surface area contributed by atoms with Crippen molar-refractivity contribution in [1.29, 1.82) is 0 Å². The molecule has 0 atom stereocenters. The minimum atomic E-state index is -4.80. The molecule has 0 saturated carbocycles. The maximum atomic E-state index is 12.9. The highest BCUT2D eigenvalue weighted by Crippen LogP contribution is 2.33. The van der Waals surface area contributed by atoms with Crippen molar-refractivity contribution in [2.75, 3.05) is 0 Å². The van der Waals surface area contributed by atoms with Gasteiger partial charge in [0.25, 0.3) is 0 Å². The molecule has 0 radical (unpaired) electrons. The van der Waals surface area contributed by atoms with Gasteiger partial charge in [-0.05, 0) is 23.3 Å². The molecule has 1 aromatic carbocycles. The molecule has 0 amide bonds. The van der Waals surface area contributed by atoms with Gasteiger partial charge in [-0.15, -0.1) is 0 Å². The monoisotopic (exact) mass is 224 g/mol. The van der Waals surface area contributed by atoms with Gasteiger partial charge in [0.1, 0.15) is 5.82 Å². The Balaban J connectivity index is 3.32. The van der Waals surface area contributed by atoms with Gasteiger partial charge in [-0.3, -0.25) is 0 Å². The molecule has 0 unspecified atom stereocenters. The molecule has 0 aliphatic rings. The van der Waals surface area contributed by atoms with E-state index in [0.29, 0.717) is 12.1 Å². The molecule has 6 heteroatoms. The van der Waals surface area contributed by atoms with Crippen LogP contribution in [0.1, 0.15) is 16.7 Å². The normalized spacial score (nSPS) is 11.9. The first-order valence-corrected chi connectivity index (χ1v) is 4.00. The Labute approximate surface area is 82.8 Å². The molecule has 2 nitrogen and oxygen atoms in total. The Bertz CT molecular complexity index is 360. The van der Waals surface area contributed by atoms with Gasteiger partial charge < -0.3 is 10.2 Å². The highest BCUT2D eigenvalue weighted by atomic mass is 19.4. The number of hydrogen-bond acceptors (Lipinski definition) is 2. The molecular weight excluding hydrogens is 216 g/mol. The smallest absolute Gasteiger partial charge is 0.392 e. The first-order chi connectivity index (χ1) is 6.90. The third kappa shape index (κ3) is 2.45. The summed E-state index contributed by atoms with van der Waals surface area (Å²) in [5.41, 5.74) is -1.63. The number of benzene rings is 1. The van der Waals surface area contributed by atoms with E-state index in [0.717, 1.165) is 0 Å². The van der Waals surface area contributed by atoms with Crippen LogP contribution < -0.4 is 0 Å². The first kappa shape index (κ1) is 11.9. The molecule has 0 aliphatic heterocycles. The molecule has 15 heavy (non-hydrogen) atoms. The summed E-state index contributed by atoms with van der Waals surface area (Å²) in [4.78, 5) is 0. The van der Waals surface area contributed by atoms with E-state index in [1.165, 1.54) is 0 Å². The molecule has 2 N–H and O–H groups in total. The fraction of sp³-hybridized carbons (Fsp3) is 0.333. The molecular formula is C9H8F4O2. The lowest BCUT2D eigenvalue weighted by molar-refractivity contribution is -0.140. The zero-order valence-corrected chi connectivity index (χ0v) is 7.48. The lowest BCUT2D eigenvalue weighted by Gasteiger charge is -2.12. The van der Waals surface area contributed by atoms with E-state index >= 15 is 0 Å². The van der Waals surface area contributed by atoms with Gasteiger partial charge in [0.05, 0.1) is 18.8 Å². The van der Waals surface area contributed by atoms with Gasteiger partial charge in [-0.1, -0.05) is 0 Å². The van der Waals surface area contributed by atoms with Crippen LogP contribution in [0.2, 0.25) is 0 Å². The van der Waals surface area contributed by atoms with Crippen molar-refractivity contribution in [3.8, 4) is 0 Å². The summed E-state index contributed by atoms with van der Waals surface area (Å²) in [6.07, 6.45) is -4.80. The fourth-order valence-electron chi connectivity index (χ4n) is 1.17. The fourth-order valence-corrected chi connectivity index (χ4v) is 1.17. The second-order valence-electron chi connectivity index (χ2n) is 2.91. The third-order valence-electron chi connectivity index (χ3n) is 1.94. The first-order valence-electron chi connectivity index (χ1n) is 4.00. The standard InChI is InChI=1S/C9H8F4O2/c10-8-2-6(4-15)5(3-14)1-7(8)9(11,12)13/h1-2,14-15H,3-4H2. The highest BCUT2D eigenvalue weighted by Gasteiger charge is 2.34. The van der Waals surface area contributed by atoms with Crippen LogP contribution in [0.3, 0.4) is 0 Å². The Morgan fingerprint density at radius 2 is 1.47 bits per heavy atom. The van der Waals surface area contributed by atoms with Crippen LogP contribution in [-0.2, 0) is 19.4 Å². The second-order valence-corrected chi connectivity index (χ2v) is 2.91. The van der Waals surface area contributed by atoms with Crippen LogP contribution in [0.25, 0.3) is 0 Å². The van der Waals surface area contributed by atoms with Crippen molar-refractivity contribution in [1.82, 2.24) is 0 Å².